The first-order valence-corrected chi connectivity index (χ1v) is 10.2. The summed E-state index contributed by atoms with van der Waals surface area (Å²) in [4.78, 5) is 21.0. The number of ether oxygens (including phenoxy) is 2. The number of benzene rings is 3. The lowest BCUT2D eigenvalue weighted by atomic mass is 10.0. The van der Waals surface area contributed by atoms with Gasteiger partial charge in [-0.05, 0) is 50.8 Å². The predicted molar refractivity (Wildman–Crippen MR) is 125 cm³/mol. The van der Waals surface area contributed by atoms with Crippen LogP contribution in [0.3, 0.4) is 0 Å². The van der Waals surface area contributed by atoms with E-state index in [4.69, 9.17) is 9.47 Å². The molecule has 0 saturated heterocycles. The molecular weight excluding hydrogens is 494 g/mol. The Hall–Kier alpha value is -4.23. The number of rotatable bonds is 8. The van der Waals surface area contributed by atoms with E-state index in [1.165, 1.54) is 37.4 Å². The van der Waals surface area contributed by atoms with Crippen molar-refractivity contribution >= 4 is 39.0 Å². The smallest absolute Gasteiger partial charge is 0.270 e. The molecule has 0 saturated carbocycles. The van der Waals surface area contributed by atoms with Crippen LogP contribution in [0.5, 0.6) is 11.5 Å². The number of nitro groups is 2. The molecule has 33 heavy (non-hydrogen) atoms. The van der Waals surface area contributed by atoms with Crippen molar-refractivity contribution in [1.82, 2.24) is 0 Å². The summed E-state index contributed by atoms with van der Waals surface area (Å²) in [7, 11) is 1.46. The number of methoxy groups -OCH3 is 1. The van der Waals surface area contributed by atoms with Gasteiger partial charge in [0.15, 0.2) is 11.5 Å². The van der Waals surface area contributed by atoms with Crippen LogP contribution in [0.15, 0.2) is 65.1 Å². The van der Waals surface area contributed by atoms with Gasteiger partial charge in [0.2, 0.25) is 0 Å². The number of hydrogen-bond acceptors (Lipinski definition) is 7. The third kappa shape index (κ3) is 5.72. The molecule has 3 rings (SSSR count). The van der Waals surface area contributed by atoms with Gasteiger partial charge in [-0.1, -0.05) is 24.3 Å². The van der Waals surface area contributed by atoms with E-state index in [1.54, 1.807) is 36.4 Å². The van der Waals surface area contributed by atoms with Crippen LogP contribution in [-0.4, -0.2) is 17.0 Å². The molecule has 0 unspecified atom stereocenters. The fourth-order valence-electron chi connectivity index (χ4n) is 3.01. The Morgan fingerprint density at radius 1 is 1.06 bits per heavy atom. The van der Waals surface area contributed by atoms with E-state index >= 15 is 0 Å². The molecule has 0 atom stereocenters. The fraction of sp³-hybridized carbons (Fsp3) is 0.0870. The molecule has 3 aromatic rings. The Balaban J connectivity index is 1.90. The zero-order valence-corrected chi connectivity index (χ0v) is 18.8. The van der Waals surface area contributed by atoms with Crippen LogP contribution >= 0.6 is 15.9 Å². The highest BCUT2D eigenvalue weighted by molar-refractivity contribution is 9.10. The van der Waals surface area contributed by atoms with Gasteiger partial charge in [0.25, 0.3) is 11.4 Å². The third-order valence-corrected chi connectivity index (χ3v) is 5.14. The Bertz CT molecular complexity index is 1300. The summed E-state index contributed by atoms with van der Waals surface area (Å²) in [6.07, 6.45) is 1.58. The Kier molecular flexibility index (Phi) is 7.38. The molecule has 9 nitrogen and oxygen atoms in total. The second kappa shape index (κ2) is 10.4. The van der Waals surface area contributed by atoms with Gasteiger partial charge >= 0.3 is 0 Å². The molecule has 0 radical (unpaired) electrons. The van der Waals surface area contributed by atoms with Gasteiger partial charge in [-0.25, -0.2) is 0 Å². The lowest BCUT2D eigenvalue weighted by Gasteiger charge is -2.14. The Morgan fingerprint density at radius 3 is 2.36 bits per heavy atom. The van der Waals surface area contributed by atoms with E-state index in [9.17, 15) is 25.5 Å². The van der Waals surface area contributed by atoms with Crippen LogP contribution < -0.4 is 9.47 Å². The highest BCUT2D eigenvalue weighted by Crippen LogP contribution is 2.38. The van der Waals surface area contributed by atoms with E-state index in [-0.39, 0.29) is 23.6 Å². The molecule has 0 N–H and O–H groups in total. The van der Waals surface area contributed by atoms with Crippen molar-refractivity contribution in [3.8, 4) is 17.6 Å². The first kappa shape index (κ1) is 23.4. The lowest BCUT2D eigenvalue weighted by molar-refractivity contribution is -0.385. The Labute approximate surface area is 196 Å². The summed E-state index contributed by atoms with van der Waals surface area (Å²) in [5, 5.41) is 31.6. The summed E-state index contributed by atoms with van der Waals surface area (Å²) >= 11 is 3.43. The number of hydrogen-bond donors (Lipinski definition) is 0. The van der Waals surface area contributed by atoms with Crippen molar-refractivity contribution in [2.45, 2.75) is 6.61 Å². The number of nitrogens with zero attached hydrogens (tertiary/aromatic N) is 3. The molecule has 0 fully saturated rings. The Morgan fingerprint density at radius 2 is 1.73 bits per heavy atom. The molecule has 0 aliphatic carbocycles. The number of non-ortho nitro benzene ring substituents is 2. The minimum Gasteiger partial charge on any atom is -0.493 e. The normalized spacial score (nSPS) is 10.9. The molecule has 0 amide bonds. The van der Waals surface area contributed by atoms with Crippen LogP contribution in [0, 0.1) is 31.6 Å². The van der Waals surface area contributed by atoms with Gasteiger partial charge in [0.1, 0.15) is 6.61 Å². The average Bonchev–Trinajstić information content (AvgIpc) is 2.81. The number of nitro benzene ring substituents is 2. The van der Waals surface area contributed by atoms with Crippen molar-refractivity contribution in [1.29, 1.82) is 5.26 Å². The number of allylic oxidation sites excluding steroid dienone is 1. The zero-order valence-electron chi connectivity index (χ0n) is 17.2. The lowest BCUT2D eigenvalue weighted by Crippen LogP contribution is -2.00. The van der Waals surface area contributed by atoms with E-state index in [0.717, 1.165) is 0 Å². The van der Waals surface area contributed by atoms with Crippen molar-refractivity contribution in [2.75, 3.05) is 7.11 Å². The van der Waals surface area contributed by atoms with Gasteiger partial charge in [-0.2, -0.15) is 5.26 Å². The van der Waals surface area contributed by atoms with Gasteiger partial charge in [-0.15, -0.1) is 0 Å². The average molecular weight is 510 g/mol. The topological polar surface area (TPSA) is 129 Å². The zero-order chi connectivity index (χ0) is 24.0. The molecule has 10 heteroatoms. The van der Waals surface area contributed by atoms with Crippen LogP contribution in [0.2, 0.25) is 0 Å². The summed E-state index contributed by atoms with van der Waals surface area (Å²) in [6, 6.07) is 17.4. The monoisotopic (exact) mass is 509 g/mol. The van der Waals surface area contributed by atoms with Crippen LogP contribution in [0.4, 0.5) is 11.4 Å². The standard InChI is InChI=1S/C23H16BrN3O6/c1-32-22-11-16(8-18(13-25)17-5-3-7-20(12-17)27(30)31)10-21(24)23(22)33-14-15-4-2-6-19(9-15)26(28)29/h2-12H,14H2,1H3/b18-8-. The van der Waals surface area contributed by atoms with Crippen molar-refractivity contribution in [3.05, 3.63) is 102 Å². The maximum absolute atomic E-state index is 11.0. The second-order valence-corrected chi connectivity index (χ2v) is 7.58. The second-order valence-electron chi connectivity index (χ2n) is 6.73. The van der Waals surface area contributed by atoms with Crippen molar-refractivity contribution < 1.29 is 19.3 Å². The quantitative estimate of drug-likeness (QED) is 0.159. The van der Waals surface area contributed by atoms with Crippen LogP contribution in [0.25, 0.3) is 11.6 Å². The molecule has 0 aliphatic rings. The molecule has 3 aromatic carbocycles. The highest BCUT2D eigenvalue weighted by Gasteiger charge is 2.14. The summed E-state index contributed by atoms with van der Waals surface area (Å²) in [5.74, 6) is 0.757. The SMILES string of the molecule is COc1cc(/C=C(/C#N)c2cccc([N+](=O)[O-])c2)cc(Br)c1OCc1cccc([N+](=O)[O-])c1. The molecule has 0 aliphatic heterocycles. The predicted octanol–water partition coefficient (Wildman–Crippen LogP) is 5.92. The molecular formula is C23H16BrN3O6. The fourth-order valence-corrected chi connectivity index (χ4v) is 3.59. The number of nitriles is 1. The summed E-state index contributed by atoms with van der Waals surface area (Å²) in [5.41, 5.74) is 1.71. The molecule has 0 aromatic heterocycles. The van der Waals surface area contributed by atoms with E-state index in [0.29, 0.717) is 32.7 Å². The molecule has 0 heterocycles. The maximum atomic E-state index is 11.0. The van der Waals surface area contributed by atoms with Crippen molar-refractivity contribution in [3.63, 3.8) is 0 Å². The van der Waals surface area contributed by atoms with E-state index in [2.05, 4.69) is 22.0 Å². The first-order valence-electron chi connectivity index (χ1n) is 9.42. The van der Waals surface area contributed by atoms with E-state index in [1.807, 2.05) is 0 Å². The first-order chi connectivity index (χ1) is 15.8. The molecule has 166 valence electrons. The van der Waals surface area contributed by atoms with Gasteiger partial charge in [-0.3, -0.25) is 20.2 Å². The van der Waals surface area contributed by atoms with Crippen molar-refractivity contribution in [2.24, 2.45) is 0 Å². The minimum absolute atomic E-state index is 0.0344. The minimum atomic E-state index is -0.522. The molecule has 0 bridgehead atoms. The summed E-state index contributed by atoms with van der Waals surface area (Å²) in [6.45, 7) is 0.0724. The van der Waals surface area contributed by atoms with Gasteiger partial charge in [0, 0.05) is 24.3 Å². The maximum Gasteiger partial charge on any atom is 0.270 e. The summed E-state index contributed by atoms with van der Waals surface area (Å²) < 4.78 is 11.8. The van der Waals surface area contributed by atoms with E-state index < -0.39 is 9.85 Å². The number of halogens is 1. The molecule has 0 spiro atoms. The third-order valence-electron chi connectivity index (χ3n) is 4.56. The van der Waals surface area contributed by atoms with Gasteiger partial charge in [0.05, 0.1) is 33.1 Å². The highest BCUT2D eigenvalue weighted by atomic mass is 79.9. The van der Waals surface area contributed by atoms with Gasteiger partial charge < -0.3 is 9.47 Å². The van der Waals surface area contributed by atoms with Crippen LogP contribution in [0.1, 0.15) is 16.7 Å². The van der Waals surface area contributed by atoms with Crippen LogP contribution in [-0.2, 0) is 6.61 Å². The largest absolute Gasteiger partial charge is 0.493 e.